The first-order chi connectivity index (χ1) is 15.3. The molecule has 0 aliphatic carbocycles. The molecule has 2 fully saturated rings. The van der Waals surface area contributed by atoms with Crippen LogP contribution in [0.25, 0.3) is 0 Å². The number of benzene rings is 2. The molecule has 0 aromatic heterocycles. The van der Waals surface area contributed by atoms with Crippen LogP contribution in [-0.2, 0) is 10.0 Å². The van der Waals surface area contributed by atoms with E-state index in [9.17, 15) is 8.42 Å². The van der Waals surface area contributed by atoms with Gasteiger partial charge in [0.25, 0.3) is 0 Å². The third-order valence-corrected chi connectivity index (χ3v) is 9.10. The van der Waals surface area contributed by atoms with Gasteiger partial charge >= 0.3 is 0 Å². The van der Waals surface area contributed by atoms with E-state index in [1.165, 1.54) is 5.56 Å². The molecule has 0 bridgehead atoms. The second-order valence-electron chi connectivity index (χ2n) is 8.84. The summed E-state index contributed by atoms with van der Waals surface area (Å²) in [6.07, 6.45) is 2.74. The predicted molar refractivity (Wildman–Crippen MR) is 130 cm³/mol. The van der Waals surface area contributed by atoms with E-state index in [1.54, 1.807) is 35.7 Å². The summed E-state index contributed by atoms with van der Waals surface area (Å²) in [5, 5.41) is 4.25. The number of thiocarbonyl (C=S) groups is 1. The molecule has 2 aromatic carbocycles. The van der Waals surface area contributed by atoms with Crippen molar-refractivity contribution in [2.24, 2.45) is 5.41 Å². The molecular formula is C24H31N3O3S2. The lowest BCUT2D eigenvalue weighted by Gasteiger charge is -2.38. The summed E-state index contributed by atoms with van der Waals surface area (Å²) in [4.78, 5) is 2.54. The van der Waals surface area contributed by atoms with Gasteiger partial charge in [0, 0.05) is 32.2 Å². The van der Waals surface area contributed by atoms with E-state index >= 15 is 0 Å². The largest absolute Gasteiger partial charge is 0.497 e. The third-order valence-electron chi connectivity index (χ3n) is 6.83. The Morgan fingerprint density at radius 3 is 2.44 bits per heavy atom. The number of piperidine rings is 1. The molecule has 2 aliphatic heterocycles. The standard InChI is InChI=1S/C24H31N3O3S2/c1-19(20-7-4-3-5-8-20)25-23(31)26-14-11-24(18-26)12-15-27(16-13-24)32(28,29)22-10-6-9-21(17-22)30-2/h3-10,17,19H,11-16,18H2,1-2H3,(H,25,31). The lowest BCUT2D eigenvalue weighted by molar-refractivity contribution is 0.166. The van der Waals surface area contributed by atoms with Crippen molar-refractivity contribution in [2.75, 3.05) is 33.3 Å². The van der Waals surface area contributed by atoms with Crippen molar-refractivity contribution < 1.29 is 13.2 Å². The lowest BCUT2D eigenvalue weighted by atomic mass is 9.78. The fourth-order valence-corrected chi connectivity index (χ4v) is 6.54. The number of nitrogens with zero attached hydrogens (tertiary/aromatic N) is 2. The number of nitrogens with one attached hydrogen (secondary N) is 1. The molecule has 0 amide bonds. The zero-order valence-corrected chi connectivity index (χ0v) is 20.3. The van der Waals surface area contributed by atoms with E-state index in [-0.39, 0.29) is 11.5 Å². The fraction of sp³-hybridized carbons (Fsp3) is 0.458. The van der Waals surface area contributed by atoms with Gasteiger partial charge in [0.2, 0.25) is 10.0 Å². The van der Waals surface area contributed by atoms with E-state index in [0.29, 0.717) is 23.7 Å². The van der Waals surface area contributed by atoms with Crippen molar-refractivity contribution in [3.05, 3.63) is 60.2 Å². The molecule has 2 aliphatic rings. The summed E-state index contributed by atoms with van der Waals surface area (Å²) >= 11 is 5.71. The molecule has 4 rings (SSSR count). The van der Waals surface area contributed by atoms with E-state index in [2.05, 4.69) is 29.3 Å². The Hall–Kier alpha value is -2.16. The van der Waals surface area contributed by atoms with Crippen molar-refractivity contribution in [1.29, 1.82) is 0 Å². The Morgan fingerprint density at radius 2 is 1.75 bits per heavy atom. The van der Waals surface area contributed by atoms with Crippen LogP contribution in [0.4, 0.5) is 0 Å². The molecule has 172 valence electrons. The Labute approximate surface area is 196 Å². The molecule has 0 saturated carbocycles. The first-order valence-corrected chi connectivity index (χ1v) is 12.9. The number of hydrogen-bond donors (Lipinski definition) is 1. The first kappa shape index (κ1) is 23.0. The average Bonchev–Trinajstić information content (AvgIpc) is 3.23. The molecule has 1 atom stereocenters. The quantitative estimate of drug-likeness (QED) is 0.667. The van der Waals surface area contributed by atoms with E-state index < -0.39 is 10.0 Å². The van der Waals surface area contributed by atoms with Crippen molar-refractivity contribution in [3.63, 3.8) is 0 Å². The zero-order valence-electron chi connectivity index (χ0n) is 18.7. The van der Waals surface area contributed by atoms with Gasteiger partial charge in [-0.25, -0.2) is 8.42 Å². The van der Waals surface area contributed by atoms with Crippen molar-refractivity contribution in [3.8, 4) is 5.75 Å². The number of methoxy groups -OCH3 is 1. The van der Waals surface area contributed by atoms with Crippen LogP contribution < -0.4 is 10.1 Å². The molecule has 8 heteroatoms. The minimum Gasteiger partial charge on any atom is -0.497 e. The van der Waals surface area contributed by atoms with E-state index in [1.807, 2.05) is 18.2 Å². The van der Waals surface area contributed by atoms with Crippen LogP contribution in [0.2, 0.25) is 0 Å². The van der Waals surface area contributed by atoms with E-state index in [4.69, 9.17) is 17.0 Å². The second kappa shape index (κ2) is 9.37. The predicted octanol–water partition coefficient (Wildman–Crippen LogP) is 3.81. The van der Waals surface area contributed by atoms with Crippen LogP contribution in [0.15, 0.2) is 59.5 Å². The summed E-state index contributed by atoms with van der Waals surface area (Å²) in [5.41, 5.74) is 1.34. The number of hydrogen-bond acceptors (Lipinski definition) is 4. The highest BCUT2D eigenvalue weighted by Crippen LogP contribution is 2.41. The Morgan fingerprint density at radius 1 is 1.06 bits per heavy atom. The molecule has 1 unspecified atom stereocenters. The van der Waals surface area contributed by atoms with Crippen LogP contribution in [-0.4, -0.2) is 56.0 Å². The van der Waals surface area contributed by atoms with E-state index in [0.717, 1.165) is 37.5 Å². The van der Waals surface area contributed by atoms with Crippen molar-refractivity contribution >= 4 is 27.4 Å². The normalized spacial score (nSPS) is 19.6. The maximum Gasteiger partial charge on any atom is 0.243 e. The fourth-order valence-electron chi connectivity index (χ4n) is 4.73. The molecule has 6 nitrogen and oxygen atoms in total. The summed E-state index contributed by atoms with van der Waals surface area (Å²) in [6.45, 7) is 4.99. The van der Waals surface area contributed by atoms with Gasteiger partial charge in [-0.3, -0.25) is 0 Å². The minimum atomic E-state index is -3.52. The molecule has 32 heavy (non-hydrogen) atoms. The number of ether oxygens (including phenoxy) is 1. The van der Waals surface area contributed by atoms with Gasteiger partial charge in [0.05, 0.1) is 18.0 Å². The smallest absolute Gasteiger partial charge is 0.243 e. The summed E-state index contributed by atoms with van der Waals surface area (Å²) in [6, 6.07) is 17.1. The molecule has 2 saturated heterocycles. The molecular weight excluding hydrogens is 442 g/mol. The maximum absolute atomic E-state index is 13.1. The highest BCUT2D eigenvalue weighted by molar-refractivity contribution is 7.89. The van der Waals surface area contributed by atoms with Crippen LogP contribution in [0, 0.1) is 5.41 Å². The van der Waals surface area contributed by atoms with Gasteiger partial charge in [-0.1, -0.05) is 36.4 Å². The van der Waals surface area contributed by atoms with Gasteiger partial charge in [-0.2, -0.15) is 4.31 Å². The highest BCUT2D eigenvalue weighted by Gasteiger charge is 2.43. The van der Waals surface area contributed by atoms with Crippen molar-refractivity contribution in [2.45, 2.75) is 37.1 Å². The van der Waals surface area contributed by atoms with Gasteiger partial charge in [-0.15, -0.1) is 0 Å². The topological polar surface area (TPSA) is 61.9 Å². The van der Waals surface area contributed by atoms with Gasteiger partial charge in [0.1, 0.15) is 5.75 Å². The minimum absolute atomic E-state index is 0.127. The summed E-state index contributed by atoms with van der Waals surface area (Å²) < 4.78 is 33.0. The number of likely N-dealkylation sites (tertiary alicyclic amines) is 1. The van der Waals surface area contributed by atoms with Gasteiger partial charge in [-0.05, 0) is 61.5 Å². The zero-order chi connectivity index (χ0) is 22.8. The lowest BCUT2D eigenvalue weighted by Crippen LogP contribution is -2.45. The van der Waals surface area contributed by atoms with Crippen LogP contribution in [0.1, 0.15) is 37.8 Å². The molecule has 2 heterocycles. The Kier molecular flexibility index (Phi) is 6.74. The first-order valence-electron chi connectivity index (χ1n) is 11.1. The van der Waals surface area contributed by atoms with Crippen LogP contribution >= 0.6 is 12.2 Å². The second-order valence-corrected chi connectivity index (χ2v) is 11.2. The summed E-state index contributed by atoms with van der Waals surface area (Å²) in [7, 11) is -1.97. The molecule has 1 spiro atoms. The molecule has 0 radical (unpaired) electrons. The third kappa shape index (κ3) is 4.77. The van der Waals surface area contributed by atoms with Gasteiger partial charge < -0.3 is 15.0 Å². The Bertz CT molecular complexity index is 1050. The number of rotatable bonds is 5. The maximum atomic E-state index is 13.1. The van der Waals surface area contributed by atoms with Crippen LogP contribution in [0.5, 0.6) is 5.75 Å². The Balaban J connectivity index is 1.35. The number of sulfonamides is 1. The monoisotopic (exact) mass is 473 g/mol. The summed E-state index contributed by atoms with van der Waals surface area (Å²) in [5.74, 6) is 0.553. The average molecular weight is 474 g/mol. The van der Waals surface area contributed by atoms with Crippen LogP contribution in [0.3, 0.4) is 0 Å². The highest BCUT2D eigenvalue weighted by atomic mass is 32.2. The van der Waals surface area contributed by atoms with Gasteiger partial charge in [0.15, 0.2) is 5.11 Å². The molecule has 1 N–H and O–H groups in total. The molecule has 2 aromatic rings. The van der Waals surface area contributed by atoms with Crippen molar-refractivity contribution in [1.82, 2.24) is 14.5 Å². The SMILES string of the molecule is COc1cccc(S(=O)(=O)N2CCC3(CCN(C(=S)NC(C)c4ccccc4)C3)CC2)c1.